The number of nitrogens with one attached hydrogen (secondary N) is 1. The minimum atomic E-state index is -3.32. The van der Waals surface area contributed by atoms with Crippen LogP contribution in [0.3, 0.4) is 0 Å². The van der Waals surface area contributed by atoms with Crippen LogP contribution in [-0.2, 0) is 27.2 Å². The van der Waals surface area contributed by atoms with E-state index in [0.29, 0.717) is 24.0 Å². The van der Waals surface area contributed by atoms with Crippen molar-refractivity contribution in [2.75, 3.05) is 18.6 Å². The fourth-order valence-corrected chi connectivity index (χ4v) is 5.01. The van der Waals surface area contributed by atoms with Crippen LogP contribution in [0.25, 0.3) is 0 Å². The molecule has 2 unspecified atom stereocenters. The van der Waals surface area contributed by atoms with Crippen LogP contribution in [0, 0.1) is 11.6 Å². The molecule has 1 N–H and O–H groups in total. The SMILES string of the molecule is CNS(=O)(=O)CCCS(=O)C1CCc2c(F)cc(F)cc21. The van der Waals surface area contributed by atoms with Crippen molar-refractivity contribution in [3.63, 3.8) is 0 Å². The van der Waals surface area contributed by atoms with Gasteiger partial charge in [0.25, 0.3) is 0 Å². The predicted octanol–water partition coefficient (Wildman–Crippen LogP) is 1.64. The van der Waals surface area contributed by atoms with E-state index in [0.717, 1.165) is 6.07 Å². The Labute approximate surface area is 125 Å². The van der Waals surface area contributed by atoms with Crippen molar-refractivity contribution in [1.82, 2.24) is 4.72 Å². The van der Waals surface area contributed by atoms with Crippen molar-refractivity contribution in [3.05, 3.63) is 34.9 Å². The fraction of sp³-hybridized carbons (Fsp3) is 0.538. The molecule has 0 saturated heterocycles. The fourth-order valence-electron chi connectivity index (χ4n) is 2.51. The Hall–Kier alpha value is -0.860. The van der Waals surface area contributed by atoms with Gasteiger partial charge in [0, 0.05) is 22.6 Å². The molecular formula is C13H17F2NO3S2. The second-order valence-corrected chi connectivity index (χ2v) is 8.73. The van der Waals surface area contributed by atoms with Gasteiger partial charge in [-0.3, -0.25) is 4.21 Å². The van der Waals surface area contributed by atoms with Crippen molar-refractivity contribution >= 4 is 20.8 Å². The van der Waals surface area contributed by atoms with Crippen LogP contribution >= 0.6 is 0 Å². The van der Waals surface area contributed by atoms with E-state index in [-0.39, 0.29) is 17.9 Å². The van der Waals surface area contributed by atoms with Gasteiger partial charge in [0.1, 0.15) is 11.6 Å². The van der Waals surface area contributed by atoms with Crippen LogP contribution in [0.15, 0.2) is 12.1 Å². The number of sulfonamides is 1. The Bertz CT molecular complexity index is 662. The predicted molar refractivity (Wildman–Crippen MR) is 77.9 cm³/mol. The molecule has 0 bridgehead atoms. The Kier molecular flexibility index (Phi) is 5.11. The van der Waals surface area contributed by atoms with Crippen molar-refractivity contribution in [2.24, 2.45) is 0 Å². The smallest absolute Gasteiger partial charge is 0.211 e. The highest BCUT2D eigenvalue weighted by Gasteiger charge is 2.30. The third kappa shape index (κ3) is 3.87. The summed E-state index contributed by atoms with van der Waals surface area (Å²) in [5.74, 6) is -1.18. The lowest BCUT2D eigenvalue weighted by Crippen LogP contribution is -2.23. The highest BCUT2D eigenvalue weighted by Crippen LogP contribution is 2.37. The normalized spacial score (nSPS) is 19.5. The van der Waals surface area contributed by atoms with Gasteiger partial charge in [-0.25, -0.2) is 21.9 Å². The summed E-state index contributed by atoms with van der Waals surface area (Å²) in [5, 5.41) is -0.414. The Morgan fingerprint density at radius 3 is 2.76 bits per heavy atom. The van der Waals surface area contributed by atoms with Crippen LogP contribution in [0.1, 0.15) is 29.2 Å². The Morgan fingerprint density at radius 2 is 2.10 bits per heavy atom. The first kappa shape index (κ1) is 16.5. The minimum absolute atomic E-state index is 0.105. The van der Waals surface area contributed by atoms with E-state index in [2.05, 4.69) is 4.72 Å². The van der Waals surface area contributed by atoms with Gasteiger partial charge in [-0.15, -0.1) is 0 Å². The molecule has 1 aliphatic rings. The second kappa shape index (κ2) is 6.50. The van der Waals surface area contributed by atoms with Crippen LogP contribution in [0.5, 0.6) is 0 Å². The molecule has 2 atom stereocenters. The average Bonchev–Trinajstić information content (AvgIpc) is 2.82. The quantitative estimate of drug-likeness (QED) is 0.858. The molecule has 21 heavy (non-hydrogen) atoms. The van der Waals surface area contributed by atoms with E-state index in [4.69, 9.17) is 0 Å². The van der Waals surface area contributed by atoms with Crippen molar-refractivity contribution in [2.45, 2.75) is 24.5 Å². The topological polar surface area (TPSA) is 63.2 Å². The number of rotatable bonds is 6. The molecule has 2 rings (SSSR count). The molecule has 0 spiro atoms. The molecule has 0 saturated carbocycles. The molecule has 1 aliphatic carbocycles. The summed E-state index contributed by atoms with van der Waals surface area (Å²) in [6.45, 7) is 0. The molecule has 0 heterocycles. The van der Waals surface area contributed by atoms with Crippen LogP contribution in [0.4, 0.5) is 8.78 Å². The van der Waals surface area contributed by atoms with Crippen molar-refractivity contribution < 1.29 is 21.4 Å². The Balaban J connectivity index is 2.04. The van der Waals surface area contributed by atoms with E-state index in [1.54, 1.807) is 0 Å². The van der Waals surface area contributed by atoms with E-state index < -0.39 is 37.7 Å². The maximum Gasteiger partial charge on any atom is 0.211 e. The standard InChI is InChI=1S/C13H17F2NO3S2/c1-16-21(18,19)6-2-5-20(17)13-4-3-10-11(13)7-9(14)8-12(10)15/h7-8,13,16H,2-6H2,1H3. The van der Waals surface area contributed by atoms with Gasteiger partial charge < -0.3 is 0 Å². The average molecular weight is 337 g/mol. The van der Waals surface area contributed by atoms with E-state index in [9.17, 15) is 21.4 Å². The zero-order valence-electron chi connectivity index (χ0n) is 11.6. The van der Waals surface area contributed by atoms with Gasteiger partial charge in [-0.05, 0) is 43.5 Å². The molecule has 0 aromatic heterocycles. The molecule has 1 aromatic carbocycles. The summed E-state index contributed by atoms with van der Waals surface area (Å²) in [4.78, 5) is 0. The highest BCUT2D eigenvalue weighted by molar-refractivity contribution is 7.89. The van der Waals surface area contributed by atoms with Gasteiger partial charge in [0.15, 0.2) is 0 Å². The molecule has 118 valence electrons. The lowest BCUT2D eigenvalue weighted by molar-refractivity contribution is 0.574. The summed E-state index contributed by atoms with van der Waals surface area (Å²) >= 11 is 0. The number of fused-ring (bicyclic) bond motifs is 1. The van der Waals surface area contributed by atoms with E-state index >= 15 is 0 Å². The first-order chi connectivity index (χ1) is 9.84. The number of halogens is 2. The maximum atomic E-state index is 13.6. The molecule has 8 heteroatoms. The summed E-state index contributed by atoms with van der Waals surface area (Å²) in [6.07, 6.45) is 1.19. The molecule has 1 aromatic rings. The molecule has 0 radical (unpaired) electrons. The molecular weight excluding hydrogens is 320 g/mol. The second-order valence-electron chi connectivity index (χ2n) is 4.94. The van der Waals surface area contributed by atoms with Gasteiger partial charge in [-0.1, -0.05) is 0 Å². The van der Waals surface area contributed by atoms with Gasteiger partial charge in [0.05, 0.1) is 11.0 Å². The summed E-state index contributed by atoms with van der Waals surface area (Å²) in [5.41, 5.74) is 0.889. The Morgan fingerprint density at radius 1 is 1.38 bits per heavy atom. The highest BCUT2D eigenvalue weighted by atomic mass is 32.2. The lowest BCUT2D eigenvalue weighted by atomic mass is 10.1. The molecule has 0 amide bonds. The zero-order chi connectivity index (χ0) is 15.6. The van der Waals surface area contributed by atoms with Gasteiger partial charge in [0.2, 0.25) is 10.0 Å². The van der Waals surface area contributed by atoms with E-state index in [1.807, 2.05) is 0 Å². The zero-order valence-corrected chi connectivity index (χ0v) is 13.2. The maximum absolute atomic E-state index is 13.6. The van der Waals surface area contributed by atoms with Gasteiger partial charge >= 0.3 is 0 Å². The van der Waals surface area contributed by atoms with Crippen molar-refractivity contribution in [1.29, 1.82) is 0 Å². The summed E-state index contributed by atoms with van der Waals surface area (Å²) < 4.78 is 63.9. The first-order valence-corrected chi connectivity index (χ1v) is 9.63. The van der Waals surface area contributed by atoms with Crippen molar-refractivity contribution in [3.8, 4) is 0 Å². The molecule has 0 aliphatic heterocycles. The molecule has 4 nitrogen and oxygen atoms in total. The monoisotopic (exact) mass is 337 g/mol. The number of hydrogen-bond donors (Lipinski definition) is 1. The number of hydrogen-bond acceptors (Lipinski definition) is 3. The lowest BCUT2D eigenvalue weighted by Gasteiger charge is -2.12. The van der Waals surface area contributed by atoms with Gasteiger partial charge in [-0.2, -0.15) is 0 Å². The third-order valence-corrected chi connectivity index (χ3v) is 6.85. The van der Waals surface area contributed by atoms with Crippen LogP contribution < -0.4 is 4.72 Å². The number of benzene rings is 1. The van der Waals surface area contributed by atoms with Crippen LogP contribution in [-0.4, -0.2) is 31.2 Å². The summed E-state index contributed by atoms with van der Waals surface area (Å²) in [6, 6.07) is 2.07. The largest absolute Gasteiger partial charge is 0.259 e. The van der Waals surface area contributed by atoms with E-state index in [1.165, 1.54) is 13.1 Å². The molecule has 0 fully saturated rings. The summed E-state index contributed by atoms with van der Waals surface area (Å²) in [7, 11) is -3.33. The minimum Gasteiger partial charge on any atom is -0.259 e. The first-order valence-electron chi connectivity index (χ1n) is 6.60. The van der Waals surface area contributed by atoms with Crippen LogP contribution in [0.2, 0.25) is 0 Å². The third-order valence-electron chi connectivity index (χ3n) is 3.59.